The van der Waals surface area contributed by atoms with E-state index >= 15 is 0 Å². The minimum atomic E-state index is -0.387. The molecule has 0 atom stereocenters. The molecular formula is C15H14FN5O2. The Morgan fingerprint density at radius 3 is 2.78 bits per heavy atom. The van der Waals surface area contributed by atoms with Gasteiger partial charge in [-0.05, 0) is 17.7 Å². The van der Waals surface area contributed by atoms with Crippen molar-refractivity contribution in [2.75, 3.05) is 12.4 Å². The quantitative estimate of drug-likeness (QED) is 0.773. The first-order valence-corrected chi connectivity index (χ1v) is 6.77. The van der Waals surface area contributed by atoms with E-state index in [0.717, 1.165) is 5.56 Å². The van der Waals surface area contributed by atoms with Crippen molar-refractivity contribution in [3.05, 3.63) is 48.0 Å². The smallest absolute Gasteiger partial charge is 0.263 e. The first-order valence-electron chi connectivity index (χ1n) is 6.77. The van der Waals surface area contributed by atoms with E-state index < -0.39 is 0 Å². The van der Waals surface area contributed by atoms with Gasteiger partial charge in [0.05, 0.1) is 13.3 Å². The molecule has 2 N–H and O–H groups in total. The maximum Gasteiger partial charge on any atom is 0.263 e. The Kier molecular flexibility index (Phi) is 3.80. The van der Waals surface area contributed by atoms with E-state index in [2.05, 4.69) is 20.6 Å². The number of nitrogens with one attached hydrogen (secondary N) is 2. The van der Waals surface area contributed by atoms with Crippen LogP contribution in [0.25, 0.3) is 11.1 Å². The van der Waals surface area contributed by atoms with Crippen molar-refractivity contribution in [3.63, 3.8) is 0 Å². The van der Waals surface area contributed by atoms with Gasteiger partial charge in [0.2, 0.25) is 5.88 Å². The third-order valence-corrected chi connectivity index (χ3v) is 3.27. The molecule has 23 heavy (non-hydrogen) atoms. The second-order valence-corrected chi connectivity index (χ2v) is 4.85. The van der Waals surface area contributed by atoms with E-state index in [-0.39, 0.29) is 17.6 Å². The lowest BCUT2D eigenvalue weighted by molar-refractivity contribution is 0.102. The fraction of sp³-hybridized carbons (Fsp3) is 0.133. The first kappa shape index (κ1) is 14.8. The van der Waals surface area contributed by atoms with Crippen molar-refractivity contribution in [1.29, 1.82) is 0 Å². The van der Waals surface area contributed by atoms with Crippen LogP contribution in [0.3, 0.4) is 0 Å². The summed E-state index contributed by atoms with van der Waals surface area (Å²) in [6.45, 7) is 0. The van der Waals surface area contributed by atoms with Crippen LogP contribution >= 0.6 is 0 Å². The van der Waals surface area contributed by atoms with Gasteiger partial charge in [-0.1, -0.05) is 12.1 Å². The highest BCUT2D eigenvalue weighted by molar-refractivity contribution is 6.06. The molecule has 8 heteroatoms. The van der Waals surface area contributed by atoms with Crippen LogP contribution in [0.4, 0.5) is 10.2 Å². The van der Waals surface area contributed by atoms with Gasteiger partial charge in [0.25, 0.3) is 5.91 Å². The van der Waals surface area contributed by atoms with Gasteiger partial charge in [-0.15, -0.1) is 5.10 Å². The predicted octanol–water partition coefficient (Wildman–Crippen LogP) is 2.21. The topological polar surface area (TPSA) is 84.8 Å². The van der Waals surface area contributed by atoms with Crippen LogP contribution in [0, 0.1) is 5.82 Å². The monoisotopic (exact) mass is 315 g/mol. The zero-order valence-corrected chi connectivity index (χ0v) is 12.5. The second-order valence-electron chi connectivity index (χ2n) is 4.85. The molecule has 0 spiro atoms. The van der Waals surface area contributed by atoms with Crippen LogP contribution < -0.4 is 10.1 Å². The minimum absolute atomic E-state index is 0.229. The summed E-state index contributed by atoms with van der Waals surface area (Å²) < 4.78 is 19.6. The summed E-state index contributed by atoms with van der Waals surface area (Å²) in [5.74, 6) is -0.0779. The summed E-state index contributed by atoms with van der Waals surface area (Å²) in [4.78, 5) is 12.4. The molecule has 0 aliphatic rings. The van der Waals surface area contributed by atoms with Gasteiger partial charge in [0, 0.05) is 18.8 Å². The van der Waals surface area contributed by atoms with Crippen LogP contribution in [0.1, 0.15) is 10.4 Å². The summed E-state index contributed by atoms with van der Waals surface area (Å²) in [5, 5.41) is 13.4. The third kappa shape index (κ3) is 2.91. The number of hydrogen-bond acceptors (Lipinski definition) is 4. The normalized spacial score (nSPS) is 10.6. The number of methoxy groups -OCH3 is 1. The molecule has 0 aliphatic carbocycles. The number of aryl methyl sites for hydroxylation is 1. The second kappa shape index (κ2) is 5.91. The Labute approximate surface area is 131 Å². The van der Waals surface area contributed by atoms with E-state index in [1.54, 1.807) is 31.6 Å². The maximum absolute atomic E-state index is 13.0. The van der Waals surface area contributed by atoms with Gasteiger partial charge >= 0.3 is 0 Å². The molecule has 0 radical (unpaired) electrons. The average molecular weight is 315 g/mol. The molecular weight excluding hydrogens is 301 g/mol. The summed E-state index contributed by atoms with van der Waals surface area (Å²) >= 11 is 0. The van der Waals surface area contributed by atoms with Crippen molar-refractivity contribution in [2.24, 2.45) is 7.05 Å². The largest absolute Gasteiger partial charge is 0.479 e. The molecule has 0 fully saturated rings. The molecule has 3 aromatic rings. The van der Waals surface area contributed by atoms with Gasteiger partial charge in [0.1, 0.15) is 17.2 Å². The summed E-state index contributed by atoms with van der Waals surface area (Å²) in [6.07, 6.45) is 3.12. The first-order chi connectivity index (χ1) is 11.1. The van der Waals surface area contributed by atoms with E-state index in [9.17, 15) is 9.18 Å². The zero-order chi connectivity index (χ0) is 16.4. The number of amides is 1. The number of halogens is 1. The van der Waals surface area contributed by atoms with E-state index in [1.165, 1.54) is 23.9 Å². The zero-order valence-electron chi connectivity index (χ0n) is 12.5. The number of benzene rings is 1. The van der Waals surface area contributed by atoms with Crippen molar-refractivity contribution in [2.45, 2.75) is 0 Å². The third-order valence-electron chi connectivity index (χ3n) is 3.27. The highest BCUT2D eigenvalue weighted by atomic mass is 19.1. The molecule has 0 saturated carbocycles. The summed E-state index contributed by atoms with van der Waals surface area (Å²) in [6, 6.07) is 5.91. The standard InChI is InChI=1S/C15H14FN5O2/c1-21-8-12(15(20-21)23-2)14(22)18-13-11(7-17-19-13)9-3-5-10(16)6-4-9/h3-8H,1-2H3,(H2,17,18,19,22). The van der Waals surface area contributed by atoms with Gasteiger partial charge in [-0.25, -0.2) is 4.39 Å². The van der Waals surface area contributed by atoms with Crippen LogP contribution in [0.5, 0.6) is 5.88 Å². The molecule has 2 aromatic heterocycles. The van der Waals surface area contributed by atoms with E-state index in [0.29, 0.717) is 16.9 Å². The molecule has 0 bridgehead atoms. The lowest BCUT2D eigenvalue weighted by atomic mass is 10.1. The molecule has 0 saturated heterocycles. The van der Waals surface area contributed by atoms with Gasteiger partial charge in [0.15, 0.2) is 0 Å². The number of H-pyrrole nitrogens is 1. The van der Waals surface area contributed by atoms with Gasteiger partial charge in [-0.2, -0.15) is 5.10 Å². The minimum Gasteiger partial charge on any atom is -0.479 e. The van der Waals surface area contributed by atoms with E-state index in [4.69, 9.17) is 4.74 Å². The number of rotatable bonds is 4. The van der Waals surface area contributed by atoms with Crippen molar-refractivity contribution in [1.82, 2.24) is 20.0 Å². The summed E-state index contributed by atoms with van der Waals surface area (Å²) in [7, 11) is 3.14. The Hall–Kier alpha value is -3.16. The molecule has 118 valence electrons. The van der Waals surface area contributed by atoms with Crippen LogP contribution in [0.15, 0.2) is 36.7 Å². The molecule has 3 rings (SSSR count). The van der Waals surface area contributed by atoms with Crippen molar-refractivity contribution >= 4 is 11.7 Å². The Morgan fingerprint density at radius 2 is 2.09 bits per heavy atom. The fourth-order valence-corrected chi connectivity index (χ4v) is 2.19. The van der Waals surface area contributed by atoms with Crippen molar-refractivity contribution in [3.8, 4) is 17.0 Å². The number of nitrogens with zero attached hydrogens (tertiary/aromatic N) is 3. The number of ether oxygens (including phenoxy) is 1. The highest BCUT2D eigenvalue weighted by Crippen LogP contribution is 2.27. The number of hydrogen-bond donors (Lipinski definition) is 2. The SMILES string of the molecule is COc1nn(C)cc1C(=O)Nc1[nH]ncc1-c1ccc(F)cc1. The molecule has 0 unspecified atom stereocenters. The number of aromatic amines is 1. The molecule has 1 aromatic carbocycles. The fourth-order valence-electron chi connectivity index (χ4n) is 2.19. The molecule has 0 aliphatic heterocycles. The van der Waals surface area contributed by atoms with Crippen LogP contribution in [0.2, 0.25) is 0 Å². The lowest BCUT2D eigenvalue weighted by Gasteiger charge is -2.06. The number of carbonyl (C=O) groups excluding carboxylic acids is 1. The molecule has 1 amide bonds. The highest BCUT2D eigenvalue weighted by Gasteiger charge is 2.18. The molecule has 2 heterocycles. The van der Waals surface area contributed by atoms with Gasteiger partial charge < -0.3 is 10.1 Å². The Balaban J connectivity index is 1.88. The lowest BCUT2D eigenvalue weighted by Crippen LogP contribution is -2.13. The van der Waals surface area contributed by atoms with Gasteiger partial charge in [-0.3, -0.25) is 14.6 Å². The number of aromatic nitrogens is 4. The summed E-state index contributed by atoms with van der Waals surface area (Å²) in [5.41, 5.74) is 1.68. The predicted molar refractivity (Wildman–Crippen MR) is 81.7 cm³/mol. The number of carbonyl (C=O) groups is 1. The van der Waals surface area contributed by atoms with Crippen LogP contribution in [-0.2, 0) is 7.05 Å². The van der Waals surface area contributed by atoms with Crippen molar-refractivity contribution < 1.29 is 13.9 Å². The maximum atomic E-state index is 13.0. The number of anilines is 1. The van der Waals surface area contributed by atoms with E-state index in [1.807, 2.05) is 0 Å². The van der Waals surface area contributed by atoms with Crippen LogP contribution in [-0.4, -0.2) is 33.0 Å². The average Bonchev–Trinajstić information content (AvgIpc) is 3.14. The Morgan fingerprint density at radius 1 is 1.35 bits per heavy atom. The molecule has 7 nitrogen and oxygen atoms in total. The Bertz CT molecular complexity index is 838.